The summed E-state index contributed by atoms with van der Waals surface area (Å²) < 4.78 is 0. The van der Waals surface area contributed by atoms with Crippen molar-refractivity contribution in [2.24, 2.45) is 11.8 Å². The van der Waals surface area contributed by atoms with Gasteiger partial charge in [-0.2, -0.15) is 0 Å². The van der Waals surface area contributed by atoms with Crippen LogP contribution >= 0.6 is 0 Å². The summed E-state index contributed by atoms with van der Waals surface area (Å²) in [5, 5.41) is 0. The molecule has 0 heterocycles. The molecule has 0 nitrogen and oxygen atoms in total. The van der Waals surface area contributed by atoms with Gasteiger partial charge < -0.3 is 0 Å². The van der Waals surface area contributed by atoms with Crippen molar-refractivity contribution in [1.29, 1.82) is 0 Å². The number of rotatable bonds is 3. The molecular weight excluding hydrogens is 348 g/mol. The summed E-state index contributed by atoms with van der Waals surface area (Å²) >= 11 is 0. The molecule has 2 aliphatic carbocycles. The fourth-order valence-corrected chi connectivity index (χ4v) is 3.19. The molecule has 0 N–H and O–H groups in total. The Hall–Kier alpha value is -2.60. The average Bonchev–Trinajstić information content (AvgIpc) is 3.65. The highest BCUT2D eigenvalue weighted by Gasteiger charge is 2.44. The molecule has 0 bridgehead atoms. The first-order valence-corrected chi connectivity index (χ1v) is 11.1. The molecule has 0 heteroatoms. The van der Waals surface area contributed by atoms with Crippen molar-refractivity contribution in [2.75, 3.05) is 0 Å². The molecular formula is C29H40. The van der Waals surface area contributed by atoms with Gasteiger partial charge in [0.25, 0.3) is 0 Å². The second-order valence-corrected chi connectivity index (χ2v) is 5.90. The second-order valence-electron chi connectivity index (χ2n) is 5.90. The Morgan fingerprint density at radius 3 is 1.17 bits per heavy atom. The van der Waals surface area contributed by atoms with E-state index in [0.29, 0.717) is 0 Å². The molecule has 2 aromatic carbocycles. The van der Waals surface area contributed by atoms with Crippen molar-refractivity contribution < 1.29 is 0 Å². The quantitative estimate of drug-likeness (QED) is 0.459. The smallest absolute Gasteiger partial charge is 0.00807 e. The summed E-state index contributed by atoms with van der Waals surface area (Å²) in [6.07, 6.45) is 9.24. The molecule has 0 saturated heterocycles. The zero-order chi connectivity index (χ0) is 22.1. The van der Waals surface area contributed by atoms with E-state index in [2.05, 4.69) is 86.0 Å². The average molecular weight is 389 g/mol. The van der Waals surface area contributed by atoms with Crippen LogP contribution in [0.4, 0.5) is 0 Å². The van der Waals surface area contributed by atoms with E-state index in [0.717, 1.165) is 11.8 Å². The summed E-state index contributed by atoms with van der Waals surface area (Å²) in [6, 6.07) is 21.6. The lowest BCUT2D eigenvalue weighted by atomic mass is 9.90. The zero-order valence-electron chi connectivity index (χ0n) is 19.4. The Labute approximate surface area is 180 Å². The summed E-state index contributed by atoms with van der Waals surface area (Å²) in [6.45, 7) is 18.7. The normalized spacial score (nSPS) is 17.2. The van der Waals surface area contributed by atoms with Crippen LogP contribution < -0.4 is 0 Å². The Kier molecular flexibility index (Phi) is 14.9. The summed E-state index contributed by atoms with van der Waals surface area (Å²) in [7, 11) is 0. The van der Waals surface area contributed by atoms with Gasteiger partial charge in [-0.25, -0.2) is 0 Å². The van der Waals surface area contributed by atoms with Crippen LogP contribution in [-0.2, 0) is 0 Å². The minimum Gasteiger partial charge on any atom is -0.0991 e. The number of hydrogen-bond acceptors (Lipinski definition) is 0. The van der Waals surface area contributed by atoms with Gasteiger partial charge in [-0.1, -0.05) is 140 Å². The molecule has 29 heavy (non-hydrogen) atoms. The van der Waals surface area contributed by atoms with E-state index < -0.39 is 0 Å². The minimum absolute atomic E-state index is 0.739. The Morgan fingerprint density at radius 1 is 0.586 bits per heavy atom. The number of hydrogen-bond donors (Lipinski definition) is 0. The van der Waals surface area contributed by atoms with E-state index >= 15 is 0 Å². The lowest BCUT2D eigenvalue weighted by Crippen LogP contribution is -1.97. The largest absolute Gasteiger partial charge is 0.0991 e. The van der Waals surface area contributed by atoms with Crippen molar-refractivity contribution in [3.05, 3.63) is 109 Å². The van der Waals surface area contributed by atoms with E-state index in [1.807, 2.05) is 41.5 Å². The molecule has 1 fully saturated rings. The topological polar surface area (TPSA) is 0 Å². The maximum absolute atomic E-state index is 3.36. The third-order valence-corrected chi connectivity index (χ3v) is 4.41. The lowest BCUT2D eigenvalue weighted by Gasteiger charge is -2.14. The van der Waals surface area contributed by atoms with Gasteiger partial charge in [-0.05, 0) is 40.5 Å². The van der Waals surface area contributed by atoms with E-state index in [4.69, 9.17) is 0 Å². The lowest BCUT2D eigenvalue weighted by molar-refractivity contribution is 1.02. The third kappa shape index (κ3) is 8.11. The maximum Gasteiger partial charge on any atom is -0.00807 e. The van der Waals surface area contributed by atoms with Gasteiger partial charge in [0.2, 0.25) is 0 Å². The Balaban J connectivity index is 0.000000681. The first kappa shape index (κ1) is 26.4. The van der Waals surface area contributed by atoms with Crippen LogP contribution in [0.5, 0.6) is 0 Å². The molecule has 2 aliphatic rings. The SMILES string of the molecule is C1=C(c2ccccc2)C2C[C@H]2C(c2ccccc2)=C1.C=CC=C.CC.CC.CC. The molecule has 156 valence electrons. The van der Waals surface area contributed by atoms with Crippen LogP contribution in [0.1, 0.15) is 59.1 Å². The molecule has 4 rings (SSSR count). The molecule has 1 saturated carbocycles. The molecule has 0 radical (unpaired) electrons. The van der Waals surface area contributed by atoms with Crippen LogP contribution in [0.2, 0.25) is 0 Å². The van der Waals surface area contributed by atoms with Crippen molar-refractivity contribution in [3.63, 3.8) is 0 Å². The van der Waals surface area contributed by atoms with Gasteiger partial charge >= 0.3 is 0 Å². The zero-order valence-corrected chi connectivity index (χ0v) is 19.4. The van der Waals surface area contributed by atoms with Crippen LogP contribution in [0, 0.1) is 11.8 Å². The van der Waals surface area contributed by atoms with Gasteiger partial charge in [0, 0.05) is 0 Å². The Morgan fingerprint density at radius 2 is 0.897 bits per heavy atom. The predicted octanol–water partition coefficient (Wildman–Crippen LogP) is 9.24. The number of allylic oxidation sites excluding steroid dienone is 6. The molecule has 2 atom stereocenters. The fraction of sp³-hybridized carbons (Fsp3) is 0.310. The van der Waals surface area contributed by atoms with Gasteiger partial charge in [0.1, 0.15) is 0 Å². The minimum atomic E-state index is 0.739. The third-order valence-electron chi connectivity index (χ3n) is 4.41. The van der Waals surface area contributed by atoms with Crippen LogP contribution in [0.15, 0.2) is 98.1 Å². The van der Waals surface area contributed by atoms with E-state index in [9.17, 15) is 0 Å². The highest BCUT2D eigenvalue weighted by molar-refractivity contribution is 5.84. The van der Waals surface area contributed by atoms with Crippen LogP contribution in [0.25, 0.3) is 11.1 Å². The first-order valence-electron chi connectivity index (χ1n) is 11.1. The molecule has 0 aromatic heterocycles. The first-order chi connectivity index (χ1) is 14.3. The maximum atomic E-state index is 3.36. The predicted molar refractivity (Wildman–Crippen MR) is 135 cm³/mol. The van der Waals surface area contributed by atoms with Gasteiger partial charge in [0.15, 0.2) is 0 Å². The van der Waals surface area contributed by atoms with Crippen molar-refractivity contribution in [2.45, 2.75) is 48.0 Å². The van der Waals surface area contributed by atoms with E-state index in [1.54, 1.807) is 12.2 Å². The second kappa shape index (κ2) is 16.4. The molecule has 1 unspecified atom stereocenters. The number of fused-ring (bicyclic) bond motifs is 1. The molecule has 0 amide bonds. The number of benzene rings is 2. The molecule has 2 aromatic rings. The molecule has 0 aliphatic heterocycles. The van der Waals surface area contributed by atoms with Crippen LogP contribution in [-0.4, -0.2) is 0 Å². The van der Waals surface area contributed by atoms with E-state index in [1.165, 1.54) is 28.7 Å². The van der Waals surface area contributed by atoms with Gasteiger partial charge in [0.05, 0.1) is 0 Å². The van der Waals surface area contributed by atoms with Crippen molar-refractivity contribution >= 4 is 11.1 Å². The summed E-state index contributed by atoms with van der Waals surface area (Å²) in [4.78, 5) is 0. The highest BCUT2D eigenvalue weighted by atomic mass is 14.5. The highest BCUT2D eigenvalue weighted by Crippen LogP contribution is 2.56. The van der Waals surface area contributed by atoms with Gasteiger partial charge in [-0.15, -0.1) is 0 Å². The monoisotopic (exact) mass is 388 g/mol. The summed E-state index contributed by atoms with van der Waals surface area (Å²) in [5.74, 6) is 1.48. The fourth-order valence-electron chi connectivity index (χ4n) is 3.19. The van der Waals surface area contributed by atoms with Gasteiger partial charge in [-0.3, -0.25) is 0 Å². The summed E-state index contributed by atoms with van der Waals surface area (Å²) in [5.41, 5.74) is 5.81. The van der Waals surface area contributed by atoms with Crippen LogP contribution in [0.3, 0.4) is 0 Å². The van der Waals surface area contributed by atoms with Crippen molar-refractivity contribution in [3.8, 4) is 0 Å². The van der Waals surface area contributed by atoms with E-state index in [-0.39, 0.29) is 0 Å². The Bertz CT molecular complexity index is 667. The standard InChI is InChI=1S/C19H16.C4H6.3C2H6/c1-3-7-14(8-4-1)16-11-12-17(19-13-18(16)19)15-9-5-2-6-10-15;1-3-4-2;3*1-2/h1-12,18-19H,13H2;3-4H,1-2H2;3*1-2H3/t18-,19?;;;;/m0..../s1. The molecule has 0 spiro atoms. The van der Waals surface area contributed by atoms with Crippen molar-refractivity contribution in [1.82, 2.24) is 0 Å².